The number of nitrogens with two attached hydrogens (primary N) is 1. The molecular formula is C9H9FNO. The van der Waals surface area contributed by atoms with Crippen LogP contribution < -0.4 is 5.73 Å². The third-order valence-electron chi connectivity index (χ3n) is 1.43. The van der Waals surface area contributed by atoms with Crippen LogP contribution in [0.3, 0.4) is 0 Å². The second kappa shape index (κ2) is 3.85. The van der Waals surface area contributed by atoms with Crippen LogP contribution in [-0.4, -0.2) is 5.91 Å². The Morgan fingerprint density at radius 3 is 2.75 bits per heavy atom. The van der Waals surface area contributed by atoms with Crippen molar-refractivity contribution in [3.8, 4) is 0 Å². The highest BCUT2D eigenvalue weighted by atomic mass is 19.1. The van der Waals surface area contributed by atoms with Gasteiger partial charge in [-0.1, -0.05) is 18.2 Å². The van der Waals surface area contributed by atoms with E-state index in [1.54, 1.807) is 18.2 Å². The van der Waals surface area contributed by atoms with Crippen molar-refractivity contribution < 1.29 is 9.18 Å². The molecule has 1 aromatic carbocycles. The topological polar surface area (TPSA) is 43.1 Å². The van der Waals surface area contributed by atoms with Gasteiger partial charge in [0.15, 0.2) is 0 Å². The molecule has 0 fully saturated rings. The molecule has 1 amide bonds. The van der Waals surface area contributed by atoms with Crippen molar-refractivity contribution in [2.45, 2.75) is 6.42 Å². The smallest absolute Gasteiger partial charge is 0.218 e. The molecule has 2 nitrogen and oxygen atoms in total. The average molecular weight is 166 g/mol. The summed E-state index contributed by atoms with van der Waals surface area (Å²) in [7, 11) is 0. The molecule has 0 aliphatic rings. The maximum absolute atomic E-state index is 12.9. The molecular weight excluding hydrogens is 157 g/mol. The highest BCUT2D eigenvalue weighted by Gasteiger charge is 2.02. The third-order valence-corrected chi connectivity index (χ3v) is 1.43. The van der Waals surface area contributed by atoms with Crippen LogP contribution in [0, 0.1) is 12.2 Å². The molecule has 1 rings (SSSR count). The standard InChI is InChI=1S/C9H9FNO/c10-8-4-2-1-3-7(8)5-6-9(11)12/h1-5H,6H2,(H2,11,12). The Kier molecular flexibility index (Phi) is 2.80. The summed E-state index contributed by atoms with van der Waals surface area (Å²) in [6.45, 7) is 0. The van der Waals surface area contributed by atoms with Gasteiger partial charge < -0.3 is 5.73 Å². The minimum Gasteiger partial charge on any atom is -0.370 e. The van der Waals surface area contributed by atoms with Crippen LogP contribution in [-0.2, 0) is 4.79 Å². The van der Waals surface area contributed by atoms with Crippen molar-refractivity contribution in [2.75, 3.05) is 0 Å². The zero-order valence-electron chi connectivity index (χ0n) is 6.46. The monoisotopic (exact) mass is 166 g/mol. The van der Waals surface area contributed by atoms with Crippen LogP contribution in [0.15, 0.2) is 24.3 Å². The Balaban J connectivity index is 2.63. The minimum atomic E-state index is -0.460. The van der Waals surface area contributed by atoms with E-state index in [4.69, 9.17) is 5.73 Å². The van der Waals surface area contributed by atoms with Gasteiger partial charge in [-0.3, -0.25) is 4.79 Å². The number of carbonyl (C=O) groups is 1. The average Bonchev–Trinajstić information content (AvgIpc) is 2.03. The first kappa shape index (κ1) is 8.71. The zero-order chi connectivity index (χ0) is 8.97. The maximum Gasteiger partial charge on any atom is 0.218 e. The van der Waals surface area contributed by atoms with E-state index in [9.17, 15) is 9.18 Å². The summed E-state index contributed by atoms with van der Waals surface area (Å²) in [5.41, 5.74) is 5.31. The van der Waals surface area contributed by atoms with E-state index in [0.717, 1.165) is 0 Å². The number of hydrogen-bond donors (Lipinski definition) is 1. The first-order chi connectivity index (χ1) is 5.70. The molecule has 0 spiro atoms. The van der Waals surface area contributed by atoms with Gasteiger partial charge in [-0.2, -0.15) is 0 Å². The zero-order valence-corrected chi connectivity index (χ0v) is 6.46. The van der Waals surface area contributed by atoms with E-state index in [0.29, 0.717) is 5.56 Å². The predicted octanol–water partition coefficient (Wildman–Crippen LogP) is 1.25. The molecule has 0 aromatic heterocycles. The summed E-state index contributed by atoms with van der Waals surface area (Å²) >= 11 is 0. The van der Waals surface area contributed by atoms with Gasteiger partial charge in [-0.15, -0.1) is 0 Å². The van der Waals surface area contributed by atoms with E-state index in [1.807, 2.05) is 0 Å². The summed E-state index contributed by atoms with van der Waals surface area (Å²) in [5.74, 6) is -0.794. The second-order valence-electron chi connectivity index (χ2n) is 2.40. The third kappa shape index (κ3) is 2.34. The number of benzene rings is 1. The Morgan fingerprint density at radius 1 is 1.50 bits per heavy atom. The molecule has 2 N–H and O–H groups in total. The lowest BCUT2D eigenvalue weighted by Crippen LogP contribution is -2.10. The predicted molar refractivity (Wildman–Crippen MR) is 43.6 cm³/mol. The summed E-state index contributed by atoms with van der Waals surface area (Å²) in [6, 6.07) is 6.23. The Bertz CT molecular complexity index is 286. The quantitative estimate of drug-likeness (QED) is 0.721. The molecule has 1 radical (unpaired) electrons. The van der Waals surface area contributed by atoms with Crippen molar-refractivity contribution in [3.05, 3.63) is 42.1 Å². The molecule has 3 heteroatoms. The number of hydrogen-bond acceptors (Lipinski definition) is 1. The molecule has 0 unspecified atom stereocenters. The van der Waals surface area contributed by atoms with Crippen LogP contribution in [0.25, 0.3) is 0 Å². The summed E-state index contributed by atoms with van der Waals surface area (Å²) in [5, 5.41) is 0. The molecule has 1 aromatic rings. The molecule has 0 bridgehead atoms. The first-order valence-electron chi connectivity index (χ1n) is 3.56. The van der Waals surface area contributed by atoms with Gasteiger partial charge in [0.05, 0.1) is 0 Å². The van der Waals surface area contributed by atoms with Gasteiger partial charge in [-0.05, 0) is 11.6 Å². The Hall–Kier alpha value is -1.38. The molecule has 12 heavy (non-hydrogen) atoms. The number of amides is 1. The largest absolute Gasteiger partial charge is 0.370 e. The summed E-state index contributed by atoms with van der Waals surface area (Å²) < 4.78 is 12.9. The first-order valence-corrected chi connectivity index (χ1v) is 3.56. The van der Waals surface area contributed by atoms with Crippen molar-refractivity contribution >= 4 is 5.91 Å². The lowest BCUT2D eigenvalue weighted by Gasteiger charge is -1.98. The molecule has 0 aliphatic carbocycles. The molecule has 0 aliphatic heterocycles. The molecule has 0 heterocycles. The molecule has 0 saturated carbocycles. The van der Waals surface area contributed by atoms with Crippen LogP contribution in [0.5, 0.6) is 0 Å². The van der Waals surface area contributed by atoms with Crippen LogP contribution in [0.2, 0.25) is 0 Å². The van der Waals surface area contributed by atoms with Crippen LogP contribution in [0.1, 0.15) is 12.0 Å². The lowest BCUT2D eigenvalue weighted by molar-refractivity contribution is -0.117. The van der Waals surface area contributed by atoms with Crippen molar-refractivity contribution in [2.24, 2.45) is 5.73 Å². The Labute approximate surface area is 70.2 Å². The molecule has 0 atom stereocenters. The normalized spacial score (nSPS) is 9.75. The van der Waals surface area contributed by atoms with E-state index in [2.05, 4.69) is 0 Å². The SMILES string of the molecule is NC(=O)C[CH]c1ccccc1F. The number of halogens is 1. The van der Waals surface area contributed by atoms with E-state index >= 15 is 0 Å². The van der Waals surface area contributed by atoms with Crippen LogP contribution in [0.4, 0.5) is 4.39 Å². The molecule has 63 valence electrons. The number of primary amides is 1. The summed E-state index contributed by atoms with van der Waals surface area (Å²) in [4.78, 5) is 10.4. The van der Waals surface area contributed by atoms with Crippen molar-refractivity contribution in [1.29, 1.82) is 0 Å². The minimum absolute atomic E-state index is 0.0704. The van der Waals surface area contributed by atoms with Crippen molar-refractivity contribution in [1.82, 2.24) is 0 Å². The maximum atomic E-state index is 12.9. The van der Waals surface area contributed by atoms with Gasteiger partial charge in [0, 0.05) is 12.8 Å². The van der Waals surface area contributed by atoms with E-state index in [-0.39, 0.29) is 12.2 Å². The lowest BCUT2D eigenvalue weighted by atomic mass is 10.1. The van der Waals surface area contributed by atoms with Gasteiger partial charge in [0.25, 0.3) is 0 Å². The van der Waals surface area contributed by atoms with E-state index in [1.165, 1.54) is 12.5 Å². The highest BCUT2D eigenvalue weighted by Crippen LogP contribution is 2.09. The second-order valence-corrected chi connectivity index (χ2v) is 2.40. The van der Waals surface area contributed by atoms with Crippen LogP contribution >= 0.6 is 0 Å². The fourth-order valence-electron chi connectivity index (χ4n) is 0.851. The Morgan fingerprint density at radius 2 is 2.17 bits per heavy atom. The van der Waals surface area contributed by atoms with Gasteiger partial charge in [0.2, 0.25) is 5.91 Å². The fraction of sp³-hybridized carbons (Fsp3) is 0.111. The van der Waals surface area contributed by atoms with Gasteiger partial charge in [0.1, 0.15) is 5.82 Å². The number of rotatable bonds is 3. The fourth-order valence-corrected chi connectivity index (χ4v) is 0.851. The highest BCUT2D eigenvalue weighted by molar-refractivity contribution is 5.75. The van der Waals surface area contributed by atoms with Crippen molar-refractivity contribution in [3.63, 3.8) is 0 Å². The van der Waals surface area contributed by atoms with E-state index < -0.39 is 5.91 Å². The molecule has 0 saturated heterocycles. The number of carbonyl (C=O) groups excluding carboxylic acids is 1. The van der Waals surface area contributed by atoms with Gasteiger partial charge >= 0.3 is 0 Å². The van der Waals surface area contributed by atoms with Gasteiger partial charge in [-0.25, -0.2) is 4.39 Å². The summed E-state index contributed by atoms with van der Waals surface area (Å²) in [6.07, 6.45) is 1.54.